The fourth-order valence-corrected chi connectivity index (χ4v) is 3.68. The molecule has 0 bridgehead atoms. The van der Waals surface area contributed by atoms with Crippen molar-refractivity contribution in [3.63, 3.8) is 0 Å². The molecule has 21 heavy (non-hydrogen) atoms. The molecule has 1 aliphatic rings. The summed E-state index contributed by atoms with van der Waals surface area (Å²) in [6.07, 6.45) is 1.05. The van der Waals surface area contributed by atoms with Gasteiger partial charge < -0.3 is 15.5 Å². The third kappa shape index (κ3) is 3.48. The van der Waals surface area contributed by atoms with Gasteiger partial charge in [-0.05, 0) is 38.7 Å². The van der Waals surface area contributed by atoms with E-state index >= 15 is 0 Å². The largest absolute Gasteiger partial charge is 0.397 e. The maximum atomic E-state index is 12.1. The van der Waals surface area contributed by atoms with Crippen molar-refractivity contribution in [3.05, 3.63) is 18.2 Å². The molecular weight excluding hydrogens is 288 g/mol. The Morgan fingerprint density at radius 2 is 2.14 bits per heavy atom. The lowest BCUT2D eigenvalue weighted by atomic mass is 10.2. The number of hydrogen-bond donors (Lipinski definition) is 2. The monoisotopic (exact) mass is 312 g/mol. The van der Waals surface area contributed by atoms with Gasteiger partial charge in [0.15, 0.2) is 0 Å². The van der Waals surface area contributed by atoms with Gasteiger partial charge in [-0.15, -0.1) is 0 Å². The van der Waals surface area contributed by atoms with Crippen LogP contribution in [-0.2, 0) is 10.0 Å². The van der Waals surface area contributed by atoms with Crippen LogP contribution in [0.15, 0.2) is 23.1 Å². The van der Waals surface area contributed by atoms with E-state index in [0.29, 0.717) is 18.3 Å². The summed E-state index contributed by atoms with van der Waals surface area (Å²) >= 11 is 0. The van der Waals surface area contributed by atoms with E-state index in [9.17, 15) is 8.42 Å². The van der Waals surface area contributed by atoms with Crippen molar-refractivity contribution >= 4 is 21.4 Å². The Morgan fingerprint density at radius 1 is 1.43 bits per heavy atom. The van der Waals surface area contributed by atoms with Crippen molar-refractivity contribution in [2.45, 2.75) is 24.3 Å². The van der Waals surface area contributed by atoms with E-state index in [1.807, 2.05) is 0 Å². The summed E-state index contributed by atoms with van der Waals surface area (Å²) < 4.78 is 26.7. The molecule has 7 heteroatoms. The molecule has 2 rings (SSSR count). The zero-order chi connectivity index (χ0) is 15.6. The summed E-state index contributed by atoms with van der Waals surface area (Å²) in [7, 11) is 0.667. The molecule has 1 unspecified atom stereocenters. The Morgan fingerprint density at radius 3 is 2.71 bits per heavy atom. The van der Waals surface area contributed by atoms with Gasteiger partial charge in [-0.3, -0.25) is 0 Å². The van der Waals surface area contributed by atoms with Gasteiger partial charge in [-0.2, -0.15) is 0 Å². The molecule has 118 valence electrons. The molecule has 0 aliphatic carbocycles. The van der Waals surface area contributed by atoms with Crippen molar-refractivity contribution in [3.8, 4) is 0 Å². The second kappa shape index (κ2) is 6.21. The van der Waals surface area contributed by atoms with Crippen LogP contribution in [0.1, 0.15) is 13.3 Å². The zero-order valence-electron chi connectivity index (χ0n) is 12.8. The quantitative estimate of drug-likeness (QED) is 0.783. The highest BCUT2D eigenvalue weighted by molar-refractivity contribution is 7.89. The van der Waals surface area contributed by atoms with Gasteiger partial charge in [0.05, 0.1) is 16.3 Å². The number of rotatable bonds is 5. The number of benzene rings is 1. The number of nitrogen functional groups attached to an aromatic ring is 1. The minimum Gasteiger partial charge on any atom is -0.397 e. The van der Waals surface area contributed by atoms with E-state index in [1.54, 1.807) is 25.1 Å². The highest BCUT2D eigenvalue weighted by Crippen LogP contribution is 2.30. The second-order valence-corrected chi connectivity index (χ2v) is 7.34. The molecule has 1 heterocycles. The van der Waals surface area contributed by atoms with Gasteiger partial charge >= 0.3 is 0 Å². The van der Waals surface area contributed by atoms with E-state index in [-0.39, 0.29) is 4.90 Å². The van der Waals surface area contributed by atoms with Gasteiger partial charge in [0.2, 0.25) is 10.0 Å². The van der Waals surface area contributed by atoms with Crippen LogP contribution in [0.2, 0.25) is 0 Å². The van der Waals surface area contributed by atoms with Gasteiger partial charge in [-0.25, -0.2) is 13.1 Å². The van der Waals surface area contributed by atoms with Crippen LogP contribution in [0.5, 0.6) is 0 Å². The zero-order valence-corrected chi connectivity index (χ0v) is 13.7. The molecule has 1 fully saturated rings. The highest BCUT2D eigenvalue weighted by Gasteiger charge is 2.26. The Bertz CT molecular complexity index is 601. The van der Waals surface area contributed by atoms with Gasteiger partial charge in [0, 0.05) is 25.7 Å². The Kier molecular flexibility index (Phi) is 4.75. The summed E-state index contributed by atoms with van der Waals surface area (Å²) in [4.78, 5) is 4.61. The molecule has 1 atom stereocenters. The fourth-order valence-electron chi connectivity index (χ4n) is 2.62. The minimum atomic E-state index is -3.45. The molecule has 0 amide bonds. The van der Waals surface area contributed by atoms with Gasteiger partial charge in [-0.1, -0.05) is 6.92 Å². The van der Waals surface area contributed by atoms with E-state index in [0.717, 1.165) is 25.2 Å². The van der Waals surface area contributed by atoms with E-state index in [4.69, 9.17) is 5.73 Å². The summed E-state index contributed by atoms with van der Waals surface area (Å²) in [5.41, 5.74) is 7.46. The van der Waals surface area contributed by atoms with Crippen LogP contribution in [0.3, 0.4) is 0 Å². The lowest BCUT2D eigenvalue weighted by Crippen LogP contribution is -2.31. The fraction of sp³-hybridized carbons (Fsp3) is 0.571. The molecule has 6 nitrogen and oxygen atoms in total. The lowest BCUT2D eigenvalue weighted by molar-refractivity contribution is 0.315. The molecule has 0 radical (unpaired) electrons. The Balaban J connectivity index is 2.29. The average Bonchev–Trinajstić information content (AvgIpc) is 2.88. The smallest absolute Gasteiger partial charge is 0.240 e. The van der Waals surface area contributed by atoms with Crippen LogP contribution < -0.4 is 15.4 Å². The van der Waals surface area contributed by atoms with E-state index < -0.39 is 10.0 Å². The van der Waals surface area contributed by atoms with Crippen molar-refractivity contribution in [1.82, 2.24) is 9.62 Å². The summed E-state index contributed by atoms with van der Waals surface area (Å²) in [5, 5.41) is 0. The van der Waals surface area contributed by atoms with Crippen molar-refractivity contribution < 1.29 is 8.42 Å². The summed E-state index contributed by atoms with van der Waals surface area (Å²) in [6.45, 7) is 3.88. The summed E-state index contributed by atoms with van der Waals surface area (Å²) in [6, 6.07) is 5.36. The van der Waals surface area contributed by atoms with Crippen LogP contribution in [-0.4, -0.2) is 53.1 Å². The molecular formula is C14H24N4O2S. The number of nitrogens with two attached hydrogens (primary N) is 1. The first kappa shape index (κ1) is 16.1. The highest BCUT2D eigenvalue weighted by atomic mass is 32.2. The molecule has 1 aliphatic heterocycles. The first-order chi connectivity index (χ1) is 9.85. The number of nitrogens with zero attached hydrogens (tertiary/aromatic N) is 2. The van der Waals surface area contributed by atoms with Crippen molar-refractivity contribution in [2.75, 3.05) is 44.4 Å². The molecule has 1 aromatic rings. The van der Waals surface area contributed by atoms with Crippen LogP contribution in [0, 0.1) is 0 Å². The first-order valence-corrected chi connectivity index (χ1v) is 8.64. The minimum absolute atomic E-state index is 0.266. The van der Waals surface area contributed by atoms with Crippen LogP contribution >= 0.6 is 0 Å². The first-order valence-electron chi connectivity index (χ1n) is 7.15. The predicted molar refractivity (Wildman–Crippen MR) is 86.0 cm³/mol. The topological polar surface area (TPSA) is 78.7 Å². The van der Waals surface area contributed by atoms with Crippen LogP contribution in [0.4, 0.5) is 11.4 Å². The SMILES string of the molecule is CCNS(=O)(=O)c1ccc(N)c(N2CCC(N(C)C)C2)c1. The third-order valence-corrected chi connectivity index (χ3v) is 5.42. The van der Waals surface area contributed by atoms with Crippen molar-refractivity contribution in [2.24, 2.45) is 0 Å². The average molecular weight is 312 g/mol. The van der Waals surface area contributed by atoms with Gasteiger partial charge in [0.25, 0.3) is 0 Å². The Labute approximate surface area is 127 Å². The molecule has 1 aromatic carbocycles. The van der Waals surface area contributed by atoms with Gasteiger partial charge in [0.1, 0.15) is 0 Å². The van der Waals surface area contributed by atoms with E-state index in [1.165, 1.54) is 0 Å². The third-order valence-electron chi connectivity index (χ3n) is 3.88. The molecule has 1 saturated heterocycles. The standard InChI is InChI=1S/C14H24N4O2S/c1-4-16-21(19,20)12-5-6-13(15)14(9-12)18-8-7-11(10-18)17(2)3/h5-6,9,11,16H,4,7-8,10,15H2,1-3H3. The number of hydrogen-bond acceptors (Lipinski definition) is 5. The van der Waals surface area contributed by atoms with Crippen molar-refractivity contribution in [1.29, 1.82) is 0 Å². The maximum Gasteiger partial charge on any atom is 0.240 e. The molecule has 0 saturated carbocycles. The lowest BCUT2D eigenvalue weighted by Gasteiger charge is -2.23. The summed E-state index contributed by atoms with van der Waals surface area (Å²) in [5.74, 6) is 0. The van der Waals surface area contributed by atoms with E-state index in [2.05, 4.69) is 28.6 Å². The second-order valence-electron chi connectivity index (χ2n) is 5.57. The maximum absolute atomic E-state index is 12.1. The Hall–Kier alpha value is -1.31. The number of anilines is 2. The number of sulfonamides is 1. The molecule has 3 N–H and O–H groups in total. The molecule has 0 aromatic heterocycles. The number of nitrogens with one attached hydrogen (secondary N) is 1. The number of likely N-dealkylation sites (N-methyl/N-ethyl adjacent to an activating group) is 1. The normalized spacial score (nSPS) is 19.4. The predicted octanol–water partition coefficient (Wildman–Crippen LogP) is 0.707. The molecule has 0 spiro atoms. The van der Waals surface area contributed by atoms with Crippen LogP contribution in [0.25, 0.3) is 0 Å².